The lowest BCUT2D eigenvalue weighted by atomic mass is 9.74. The van der Waals surface area contributed by atoms with E-state index in [0.29, 0.717) is 17.0 Å². The zero-order valence-corrected chi connectivity index (χ0v) is 14.9. The Balaban J connectivity index is 1.80. The van der Waals surface area contributed by atoms with Crippen molar-refractivity contribution in [3.63, 3.8) is 0 Å². The summed E-state index contributed by atoms with van der Waals surface area (Å²) in [6.45, 7) is 2.97. The number of hydrogen-bond acceptors (Lipinski definition) is 3. The highest BCUT2D eigenvalue weighted by molar-refractivity contribution is 5.97. The van der Waals surface area contributed by atoms with Gasteiger partial charge in [0.15, 0.2) is 0 Å². The molecule has 1 heterocycles. The van der Waals surface area contributed by atoms with Crippen molar-refractivity contribution in [2.45, 2.75) is 57.6 Å². The van der Waals surface area contributed by atoms with E-state index in [4.69, 9.17) is 5.73 Å². The van der Waals surface area contributed by atoms with Crippen LogP contribution in [0.3, 0.4) is 0 Å². The molecule has 1 saturated carbocycles. The molecule has 1 aliphatic heterocycles. The lowest BCUT2D eigenvalue weighted by Gasteiger charge is -2.45. The number of aliphatic hydroxyl groups excluding tert-OH is 1. The smallest absolute Gasteiger partial charge is 0.254 e. The first-order valence-electron chi connectivity index (χ1n) is 9.36. The maximum atomic E-state index is 13.1. The van der Waals surface area contributed by atoms with Crippen LogP contribution >= 0.6 is 0 Å². The van der Waals surface area contributed by atoms with Crippen molar-refractivity contribution in [1.82, 2.24) is 4.90 Å². The zero-order chi connectivity index (χ0) is 18.0. The molecule has 0 bridgehead atoms. The second kappa shape index (κ2) is 7.56. The van der Waals surface area contributed by atoms with Crippen molar-refractivity contribution in [3.05, 3.63) is 35.4 Å². The van der Waals surface area contributed by atoms with E-state index in [2.05, 4.69) is 6.92 Å². The van der Waals surface area contributed by atoms with Crippen molar-refractivity contribution >= 4 is 11.8 Å². The number of nitrogens with zero attached hydrogens (tertiary/aromatic N) is 1. The number of hydrogen-bond donors (Lipinski definition) is 2. The topological polar surface area (TPSA) is 83.6 Å². The third-order valence-electron chi connectivity index (χ3n) is 5.84. The molecule has 5 heteroatoms. The van der Waals surface area contributed by atoms with Crippen LogP contribution in [-0.2, 0) is 0 Å². The molecule has 3 N–H and O–H groups in total. The Kier molecular flexibility index (Phi) is 5.42. The summed E-state index contributed by atoms with van der Waals surface area (Å²) in [5, 5.41) is 10.5. The Morgan fingerprint density at radius 1 is 1.08 bits per heavy atom. The largest absolute Gasteiger partial charge is 0.393 e. The molecule has 0 spiro atoms. The van der Waals surface area contributed by atoms with Gasteiger partial charge in [-0.25, -0.2) is 0 Å². The normalized spacial score (nSPS) is 30.1. The van der Waals surface area contributed by atoms with E-state index in [1.807, 2.05) is 4.90 Å². The summed E-state index contributed by atoms with van der Waals surface area (Å²) < 4.78 is 0. The fraction of sp³-hybridized carbons (Fsp3) is 0.600. The average molecular weight is 344 g/mol. The number of carbonyl (C=O) groups is 2. The van der Waals surface area contributed by atoms with Gasteiger partial charge in [0.1, 0.15) is 0 Å². The predicted octanol–water partition coefficient (Wildman–Crippen LogP) is 2.58. The van der Waals surface area contributed by atoms with Gasteiger partial charge in [0.25, 0.3) is 5.91 Å². The molecule has 1 aromatic rings. The molecule has 2 fully saturated rings. The van der Waals surface area contributed by atoms with Crippen LogP contribution in [0.1, 0.15) is 66.2 Å². The molecule has 0 aromatic heterocycles. The predicted molar refractivity (Wildman–Crippen MR) is 96.1 cm³/mol. The van der Waals surface area contributed by atoms with Crippen LogP contribution in [0.2, 0.25) is 0 Å². The summed E-state index contributed by atoms with van der Waals surface area (Å²) in [6, 6.07) is 6.66. The van der Waals surface area contributed by atoms with Crippen molar-refractivity contribution in [2.75, 3.05) is 6.54 Å². The van der Waals surface area contributed by atoms with Gasteiger partial charge in [-0.1, -0.05) is 6.92 Å². The number of likely N-dealkylation sites (tertiary alicyclic amines) is 1. The molecule has 2 amide bonds. The zero-order valence-electron chi connectivity index (χ0n) is 14.9. The molecule has 0 radical (unpaired) electrons. The van der Waals surface area contributed by atoms with Gasteiger partial charge < -0.3 is 15.7 Å². The molecule has 136 valence electrons. The van der Waals surface area contributed by atoms with Gasteiger partial charge in [-0.15, -0.1) is 0 Å². The summed E-state index contributed by atoms with van der Waals surface area (Å²) in [4.78, 5) is 26.2. The standard InChI is InChI=1S/C20H28N2O3/c1-13-5-10-18(23)16(12-13)17-4-2-3-11-22(17)20(25)15-8-6-14(7-9-15)19(21)24/h6-9,13,16-18,23H,2-5,10-12H2,1H3,(H2,21,24)/t13-,16+,17+,18+/m1/s1. The third kappa shape index (κ3) is 3.87. The third-order valence-corrected chi connectivity index (χ3v) is 5.84. The fourth-order valence-corrected chi connectivity index (χ4v) is 4.42. The van der Waals surface area contributed by atoms with Crippen molar-refractivity contribution in [1.29, 1.82) is 0 Å². The number of benzene rings is 1. The number of primary amides is 1. The number of aliphatic hydroxyl groups is 1. The first-order chi connectivity index (χ1) is 12.0. The minimum atomic E-state index is -0.492. The number of nitrogens with two attached hydrogens (primary N) is 1. The molecule has 3 rings (SSSR count). The fourth-order valence-electron chi connectivity index (χ4n) is 4.42. The van der Waals surface area contributed by atoms with Gasteiger partial charge in [-0.05, 0) is 68.7 Å². The van der Waals surface area contributed by atoms with E-state index in [9.17, 15) is 14.7 Å². The molecule has 5 nitrogen and oxygen atoms in total. The minimum Gasteiger partial charge on any atom is -0.393 e. The Morgan fingerprint density at radius 2 is 1.76 bits per heavy atom. The van der Waals surface area contributed by atoms with E-state index in [1.54, 1.807) is 24.3 Å². The van der Waals surface area contributed by atoms with Crippen LogP contribution < -0.4 is 5.73 Å². The van der Waals surface area contributed by atoms with Gasteiger partial charge in [0, 0.05) is 29.6 Å². The lowest BCUT2D eigenvalue weighted by molar-refractivity contribution is -0.0121. The highest BCUT2D eigenvalue weighted by atomic mass is 16.3. The molecule has 2 aliphatic rings. The Hall–Kier alpha value is -1.88. The van der Waals surface area contributed by atoms with Gasteiger partial charge in [0.05, 0.1) is 6.10 Å². The summed E-state index contributed by atoms with van der Waals surface area (Å²) in [6.07, 6.45) is 5.62. The maximum absolute atomic E-state index is 13.1. The van der Waals surface area contributed by atoms with Crippen LogP contribution in [-0.4, -0.2) is 40.5 Å². The number of piperidine rings is 1. The number of carbonyl (C=O) groups excluding carboxylic acids is 2. The Morgan fingerprint density at radius 3 is 2.44 bits per heavy atom. The van der Waals surface area contributed by atoms with E-state index in [1.165, 1.54) is 0 Å². The van der Waals surface area contributed by atoms with Crippen LogP contribution in [0.15, 0.2) is 24.3 Å². The van der Waals surface area contributed by atoms with Crippen LogP contribution in [0.4, 0.5) is 0 Å². The monoisotopic (exact) mass is 344 g/mol. The molecule has 1 aromatic carbocycles. The minimum absolute atomic E-state index is 0.00820. The summed E-state index contributed by atoms with van der Waals surface area (Å²) in [5.41, 5.74) is 6.25. The molecule has 0 unspecified atom stereocenters. The SMILES string of the molecule is C[C@@H]1CC[C@H](O)[C@H]([C@@H]2CCCCN2C(=O)c2ccc(C(N)=O)cc2)C1. The molecular weight excluding hydrogens is 316 g/mol. The van der Waals surface area contributed by atoms with Crippen LogP contribution in [0.25, 0.3) is 0 Å². The van der Waals surface area contributed by atoms with Crippen LogP contribution in [0.5, 0.6) is 0 Å². The highest BCUT2D eigenvalue weighted by Crippen LogP contribution is 2.37. The molecule has 4 atom stereocenters. The highest BCUT2D eigenvalue weighted by Gasteiger charge is 2.39. The van der Waals surface area contributed by atoms with E-state index >= 15 is 0 Å². The molecule has 25 heavy (non-hydrogen) atoms. The summed E-state index contributed by atoms with van der Waals surface area (Å²) in [5.74, 6) is 0.264. The second-order valence-electron chi connectivity index (χ2n) is 7.65. The van der Waals surface area contributed by atoms with Crippen molar-refractivity contribution in [3.8, 4) is 0 Å². The van der Waals surface area contributed by atoms with Gasteiger partial charge in [-0.3, -0.25) is 9.59 Å². The number of amides is 2. The van der Waals surface area contributed by atoms with E-state index in [-0.39, 0.29) is 24.0 Å². The van der Waals surface area contributed by atoms with Gasteiger partial charge >= 0.3 is 0 Å². The Bertz CT molecular complexity index is 628. The quantitative estimate of drug-likeness (QED) is 0.884. The second-order valence-corrected chi connectivity index (χ2v) is 7.65. The van der Waals surface area contributed by atoms with Gasteiger partial charge in [0.2, 0.25) is 5.91 Å². The molecular formula is C20H28N2O3. The van der Waals surface area contributed by atoms with Crippen LogP contribution in [0, 0.1) is 11.8 Å². The first kappa shape index (κ1) is 17.9. The van der Waals surface area contributed by atoms with Gasteiger partial charge in [-0.2, -0.15) is 0 Å². The summed E-state index contributed by atoms with van der Waals surface area (Å²) in [7, 11) is 0. The number of rotatable bonds is 3. The van der Waals surface area contributed by atoms with E-state index < -0.39 is 5.91 Å². The lowest BCUT2D eigenvalue weighted by Crippen LogP contribution is -2.51. The summed E-state index contributed by atoms with van der Waals surface area (Å²) >= 11 is 0. The van der Waals surface area contributed by atoms with Crippen molar-refractivity contribution < 1.29 is 14.7 Å². The average Bonchev–Trinajstić information content (AvgIpc) is 2.63. The molecule has 1 aliphatic carbocycles. The first-order valence-corrected chi connectivity index (χ1v) is 9.36. The maximum Gasteiger partial charge on any atom is 0.254 e. The van der Waals surface area contributed by atoms with Crippen molar-refractivity contribution in [2.24, 2.45) is 17.6 Å². The molecule has 1 saturated heterocycles. The Labute approximate surface area is 149 Å². The van der Waals surface area contributed by atoms with E-state index in [0.717, 1.165) is 45.1 Å².